The summed E-state index contributed by atoms with van der Waals surface area (Å²) < 4.78 is 23.7. The number of amides is 4. The van der Waals surface area contributed by atoms with Crippen LogP contribution in [0.3, 0.4) is 0 Å². The number of nitrogens with zero attached hydrogens (tertiary/aromatic N) is 5. The van der Waals surface area contributed by atoms with Gasteiger partial charge in [0.05, 0.1) is 62.1 Å². The summed E-state index contributed by atoms with van der Waals surface area (Å²) in [5.41, 5.74) is 3.23. The van der Waals surface area contributed by atoms with Crippen LogP contribution >= 0.6 is 0 Å². The molecular formula is C47H62N6O11. The van der Waals surface area contributed by atoms with Crippen LogP contribution in [-0.2, 0) is 33.4 Å². The molecule has 7 rings (SSSR count). The summed E-state index contributed by atoms with van der Waals surface area (Å²) in [6.45, 7) is 14.1. The SMILES string of the molecule is CCO/N=C(\CC)C1=C(O)CC(c2ccc(OC3CCN(CCOCCOCCOCCN4CCN(c5ccc6c(c5)C(=O)N(C5CCC(=O)NC5=O)C6=O)CC4)CC3)cc2)CC1=O. The molecule has 0 saturated carbocycles. The fourth-order valence-electron chi connectivity index (χ4n) is 8.96. The molecule has 17 nitrogen and oxygen atoms in total. The fourth-order valence-corrected chi connectivity index (χ4v) is 8.96. The van der Waals surface area contributed by atoms with Crippen LogP contribution in [0.25, 0.3) is 0 Å². The average Bonchev–Trinajstić information content (AvgIpc) is 3.54. The predicted octanol–water partition coefficient (Wildman–Crippen LogP) is 3.86. The number of aliphatic hydroxyl groups excluding tert-OH is 1. The number of hydrogen-bond donors (Lipinski definition) is 2. The van der Waals surface area contributed by atoms with Gasteiger partial charge in [-0.2, -0.15) is 0 Å². The van der Waals surface area contributed by atoms with Crippen molar-refractivity contribution in [3.05, 3.63) is 70.5 Å². The number of carbonyl (C=O) groups excluding carboxylic acids is 5. The number of imide groups is 2. The normalized spacial score (nSPS) is 21.8. The summed E-state index contributed by atoms with van der Waals surface area (Å²) in [5, 5.41) is 17.0. The quantitative estimate of drug-likeness (QED) is 0.0796. The van der Waals surface area contributed by atoms with Crippen molar-refractivity contribution in [3.63, 3.8) is 0 Å². The molecule has 3 saturated heterocycles. The number of oxime groups is 1. The lowest BCUT2D eigenvalue weighted by Gasteiger charge is -2.36. The van der Waals surface area contributed by atoms with Crippen LogP contribution in [0.4, 0.5) is 5.69 Å². The number of benzene rings is 2. The minimum atomic E-state index is -0.976. The van der Waals surface area contributed by atoms with Gasteiger partial charge in [0.2, 0.25) is 11.8 Å². The maximum absolute atomic E-state index is 13.2. The number of carbonyl (C=O) groups is 5. The first-order valence-electron chi connectivity index (χ1n) is 22.8. The highest BCUT2D eigenvalue weighted by atomic mass is 16.6. The molecule has 2 N–H and O–H groups in total. The third-order valence-electron chi connectivity index (χ3n) is 12.6. The van der Waals surface area contributed by atoms with Gasteiger partial charge in [-0.3, -0.25) is 39.1 Å². The lowest BCUT2D eigenvalue weighted by Crippen LogP contribution is -2.54. The molecule has 0 aromatic heterocycles. The van der Waals surface area contributed by atoms with E-state index < -0.39 is 29.7 Å². The molecule has 346 valence electrons. The topological polar surface area (TPSA) is 189 Å². The van der Waals surface area contributed by atoms with Crippen LogP contribution in [0.1, 0.15) is 91.0 Å². The largest absolute Gasteiger partial charge is 0.511 e. The van der Waals surface area contributed by atoms with E-state index in [4.69, 9.17) is 23.8 Å². The molecule has 1 aliphatic carbocycles. The van der Waals surface area contributed by atoms with Gasteiger partial charge in [-0.05, 0) is 74.4 Å². The minimum Gasteiger partial charge on any atom is -0.511 e. The van der Waals surface area contributed by atoms with E-state index in [9.17, 15) is 29.1 Å². The lowest BCUT2D eigenvalue weighted by atomic mass is 9.81. The Morgan fingerprint density at radius 3 is 2.02 bits per heavy atom. The number of fused-ring (bicyclic) bond motifs is 1. The number of Topliss-reactive ketones (excluding diaryl/α,β-unsaturated/α-hetero) is 1. The van der Waals surface area contributed by atoms with Crippen LogP contribution < -0.4 is 15.0 Å². The summed E-state index contributed by atoms with van der Waals surface area (Å²) in [7, 11) is 0. The van der Waals surface area contributed by atoms with Crippen molar-refractivity contribution in [2.45, 2.75) is 76.9 Å². The Labute approximate surface area is 374 Å². The highest BCUT2D eigenvalue weighted by Gasteiger charge is 2.45. The van der Waals surface area contributed by atoms with Crippen molar-refractivity contribution >= 4 is 40.8 Å². The predicted molar refractivity (Wildman–Crippen MR) is 237 cm³/mol. The molecule has 2 aromatic carbocycles. The third kappa shape index (κ3) is 11.7. The lowest BCUT2D eigenvalue weighted by molar-refractivity contribution is -0.136. The number of piperidine rings is 2. The average molecular weight is 887 g/mol. The summed E-state index contributed by atoms with van der Waals surface area (Å²) >= 11 is 0. The van der Waals surface area contributed by atoms with Crippen molar-refractivity contribution in [1.29, 1.82) is 0 Å². The molecule has 3 fully saturated rings. The molecule has 0 radical (unpaired) electrons. The number of ketones is 1. The monoisotopic (exact) mass is 886 g/mol. The highest BCUT2D eigenvalue weighted by molar-refractivity contribution is 6.24. The molecule has 0 spiro atoms. The zero-order chi connectivity index (χ0) is 45.0. The number of nitrogens with one attached hydrogen (secondary N) is 1. The molecule has 2 atom stereocenters. The van der Waals surface area contributed by atoms with E-state index in [1.54, 1.807) is 12.1 Å². The second kappa shape index (κ2) is 22.6. The number of piperazine rings is 1. The standard InChI is InChI=1S/C47H62N6O11/c1-3-39(49-63-4-2)44-41(54)29-33(30-42(44)55)32-5-8-35(9-6-32)64-36-13-15-50(16-14-36)21-23-60-25-27-62-28-26-61-24-22-51-17-19-52(20-18-51)34-7-10-37-38(31-34)47(59)53(46(37)58)40-11-12-43(56)48-45(40)57/h5-10,31,33,36,40,54H,3-4,11-30H2,1-2H3,(H,48,56,57)/b49-39+. The molecule has 5 aliphatic rings. The smallest absolute Gasteiger partial charge is 0.262 e. The number of aliphatic hydroxyl groups is 1. The molecule has 4 heterocycles. The van der Waals surface area contributed by atoms with Gasteiger partial charge in [-0.1, -0.05) is 24.2 Å². The number of rotatable bonds is 21. The Morgan fingerprint density at radius 1 is 0.750 bits per heavy atom. The van der Waals surface area contributed by atoms with Crippen molar-refractivity contribution in [3.8, 4) is 5.75 Å². The zero-order valence-corrected chi connectivity index (χ0v) is 37.1. The number of allylic oxidation sites excluding steroid dienone is 2. The van der Waals surface area contributed by atoms with Gasteiger partial charge >= 0.3 is 0 Å². The summed E-state index contributed by atoms with van der Waals surface area (Å²) in [5.74, 6) is -1.32. The molecular weight excluding hydrogens is 825 g/mol. The van der Waals surface area contributed by atoms with Crippen LogP contribution in [0.5, 0.6) is 5.75 Å². The number of anilines is 1. The maximum atomic E-state index is 13.2. The van der Waals surface area contributed by atoms with Gasteiger partial charge in [-0.25, -0.2) is 0 Å². The van der Waals surface area contributed by atoms with Gasteiger partial charge in [-0.15, -0.1) is 0 Å². The Hall–Kier alpha value is -5.20. The fraction of sp³-hybridized carbons (Fsp3) is 0.574. The number of likely N-dealkylation sites (tertiary alicyclic amines) is 1. The Morgan fingerprint density at radius 2 is 1.39 bits per heavy atom. The van der Waals surface area contributed by atoms with Crippen LogP contribution in [0, 0.1) is 0 Å². The summed E-state index contributed by atoms with van der Waals surface area (Å²) in [4.78, 5) is 76.3. The molecule has 64 heavy (non-hydrogen) atoms. The van der Waals surface area contributed by atoms with Gasteiger partial charge in [0.1, 0.15) is 30.3 Å². The first-order valence-corrected chi connectivity index (χ1v) is 22.8. The van der Waals surface area contributed by atoms with E-state index in [1.165, 1.54) is 0 Å². The van der Waals surface area contributed by atoms with Crippen LogP contribution in [-0.4, -0.2) is 166 Å². The Kier molecular flexibility index (Phi) is 16.5. The molecule has 2 unspecified atom stereocenters. The van der Waals surface area contributed by atoms with E-state index in [1.807, 2.05) is 44.2 Å². The number of hydrogen-bond acceptors (Lipinski definition) is 15. The van der Waals surface area contributed by atoms with Crippen molar-refractivity contribution < 1.29 is 52.9 Å². The van der Waals surface area contributed by atoms with Crippen molar-refractivity contribution in [2.75, 3.05) is 104 Å². The summed E-state index contributed by atoms with van der Waals surface area (Å²) in [6, 6.07) is 12.2. The van der Waals surface area contributed by atoms with E-state index >= 15 is 0 Å². The molecule has 17 heteroatoms. The Bertz CT molecular complexity index is 2040. The maximum Gasteiger partial charge on any atom is 0.262 e. The number of ether oxygens (including phenoxy) is 4. The van der Waals surface area contributed by atoms with Gasteiger partial charge in [0, 0.05) is 77.3 Å². The first-order chi connectivity index (χ1) is 31.1. The molecule has 4 amide bonds. The van der Waals surface area contributed by atoms with Crippen molar-refractivity contribution in [2.24, 2.45) is 5.16 Å². The second-order valence-electron chi connectivity index (χ2n) is 16.7. The van der Waals surface area contributed by atoms with Gasteiger partial charge in [0.15, 0.2) is 5.78 Å². The molecule has 2 aromatic rings. The van der Waals surface area contributed by atoms with E-state index in [0.29, 0.717) is 82.4 Å². The van der Waals surface area contributed by atoms with Gasteiger partial charge < -0.3 is 38.7 Å². The highest BCUT2D eigenvalue weighted by Crippen LogP contribution is 2.36. The third-order valence-corrected chi connectivity index (χ3v) is 12.6. The summed E-state index contributed by atoms with van der Waals surface area (Å²) in [6.07, 6.45) is 3.43. The van der Waals surface area contributed by atoms with E-state index in [2.05, 4.69) is 25.2 Å². The first kappa shape index (κ1) is 46.8. The Balaban J connectivity index is 0.691. The minimum absolute atomic E-state index is 0.0781. The second-order valence-corrected chi connectivity index (χ2v) is 16.7. The van der Waals surface area contributed by atoms with Crippen LogP contribution in [0.2, 0.25) is 0 Å². The molecule has 4 aliphatic heterocycles. The van der Waals surface area contributed by atoms with Crippen molar-refractivity contribution in [1.82, 2.24) is 20.0 Å². The van der Waals surface area contributed by atoms with Crippen LogP contribution in [0.15, 0.2) is 59.0 Å². The molecule has 0 bridgehead atoms. The zero-order valence-electron chi connectivity index (χ0n) is 37.1. The van der Waals surface area contributed by atoms with E-state index in [-0.39, 0.29) is 42.0 Å². The van der Waals surface area contributed by atoms with E-state index in [0.717, 1.165) is 87.1 Å². The van der Waals surface area contributed by atoms with Gasteiger partial charge in [0.25, 0.3) is 11.8 Å².